The highest BCUT2D eigenvalue weighted by atomic mass is 79.9. The number of carbonyl (C=O) groups excluding carboxylic acids is 1. The molecule has 3 aromatic rings. The third-order valence-electron chi connectivity index (χ3n) is 3.42. The summed E-state index contributed by atoms with van der Waals surface area (Å²) in [5.74, 6) is 0.714. The molecule has 0 saturated heterocycles. The van der Waals surface area contributed by atoms with Gasteiger partial charge in [-0.25, -0.2) is 0 Å². The smallest absolute Gasteiger partial charge is 0.182 e. The van der Waals surface area contributed by atoms with Crippen molar-refractivity contribution < 1.29 is 9.53 Å². The van der Waals surface area contributed by atoms with E-state index in [1.165, 1.54) is 11.3 Å². The fraction of sp³-hybridized carbons (Fsp3) is 0.111. The predicted molar refractivity (Wildman–Crippen MR) is 100 cm³/mol. The summed E-state index contributed by atoms with van der Waals surface area (Å²) in [6.07, 6.45) is 1.75. The van der Waals surface area contributed by atoms with Crippen LogP contribution in [-0.2, 0) is 13.2 Å². The van der Waals surface area contributed by atoms with Gasteiger partial charge in [0.15, 0.2) is 10.6 Å². The molecule has 0 aliphatic carbocycles. The summed E-state index contributed by atoms with van der Waals surface area (Å²) in [6.45, 7) is 0.688. The van der Waals surface area contributed by atoms with Crippen LogP contribution in [-0.4, -0.2) is 10.4 Å². The fourth-order valence-corrected chi connectivity index (χ4v) is 2.75. The van der Waals surface area contributed by atoms with Gasteiger partial charge in [0.1, 0.15) is 12.4 Å². The van der Waals surface area contributed by atoms with Crippen LogP contribution in [0.1, 0.15) is 15.9 Å². The number of aromatic nitrogens is 1. The molecule has 2 aromatic carbocycles. The lowest BCUT2D eigenvalue weighted by Crippen LogP contribution is -2.18. The number of carbonyl (C=O) groups is 1. The molecule has 0 amide bonds. The molecule has 0 aliphatic rings. The molecule has 124 valence electrons. The largest absolute Gasteiger partial charge is 0.489 e. The Morgan fingerprint density at radius 3 is 2.42 bits per heavy atom. The Kier molecular flexibility index (Phi) is 6.52. The van der Waals surface area contributed by atoms with Gasteiger partial charge < -0.3 is 9.30 Å². The van der Waals surface area contributed by atoms with Crippen LogP contribution in [0.2, 0.25) is 0 Å². The standard InChI is InChI=1S/C18H16N2O2S.BrH/c19-18-20(10-11-23-18)12-17(21)15-6-8-16(9-7-15)22-13-14-4-2-1-3-5-14;/h1-11,19H,12-13H2;1H. The van der Waals surface area contributed by atoms with Crippen LogP contribution in [0.5, 0.6) is 5.75 Å². The van der Waals surface area contributed by atoms with Crippen molar-refractivity contribution in [3.63, 3.8) is 0 Å². The molecule has 4 nitrogen and oxygen atoms in total. The van der Waals surface area contributed by atoms with Gasteiger partial charge >= 0.3 is 0 Å². The number of hydrogen-bond acceptors (Lipinski definition) is 4. The van der Waals surface area contributed by atoms with Gasteiger partial charge in [-0.05, 0) is 29.8 Å². The van der Waals surface area contributed by atoms with E-state index in [2.05, 4.69) is 0 Å². The molecule has 24 heavy (non-hydrogen) atoms. The lowest BCUT2D eigenvalue weighted by molar-refractivity contribution is 0.0971. The number of thiazole rings is 1. The molecule has 0 aliphatic heterocycles. The second-order valence-corrected chi connectivity index (χ2v) is 5.95. The van der Waals surface area contributed by atoms with Crippen LogP contribution < -0.4 is 9.54 Å². The normalized spacial score (nSPS) is 10.0. The Bertz CT molecular complexity index is 841. The van der Waals surface area contributed by atoms with Gasteiger partial charge in [0, 0.05) is 17.1 Å². The number of Topliss-reactive ketones (excluding diaryl/α,β-unsaturated/α-hetero) is 1. The van der Waals surface area contributed by atoms with E-state index >= 15 is 0 Å². The van der Waals surface area contributed by atoms with Gasteiger partial charge in [-0.2, -0.15) is 0 Å². The van der Waals surface area contributed by atoms with Crippen molar-refractivity contribution in [2.24, 2.45) is 0 Å². The first-order valence-electron chi connectivity index (χ1n) is 7.21. The third-order valence-corrected chi connectivity index (χ3v) is 4.14. The predicted octanol–water partition coefficient (Wildman–Crippen LogP) is 4.07. The van der Waals surface area contributed by atoms with Gasteiger partial charge in [0.05, 0.1) is 6.54 Å². The van der Waals surface area contributed by atoms with Gasteiger partial charge in [-0.15, -0.1) is 28.3 Å². The number of ketones is 1. The minimum Gasteiger partial charge on any atom is -0.489 e. The average molecular weight is 405 g/mol. The summed E-state index contributed by atoms with van der Waals surface area (Å²) in [5.41, 5.74) is 1.72. The summed E-state index contributed by atoms with van der Waals surface area (Å²) in [6, 6.07) is 17.1. The minimum atomic E-state index is -0.0171. The molecule has 3 rings (SSSR count). The second kappa shape index (κ2) is 8.61. The first kappa shape index (κ1) is 18.2. The highest BCUT2D eigenvalue weighted by molar-refractivity contribution is 8.93. The van der Waals surface area contributed by atoms with Crippen LogP contribution in [0.4, 0.5) is 0 Å². The molecule has 1 N–H and O–H groups in total. The van der Waals surface area contributed by atoms with Gasteiger partial charge in [-0.3, -0.25) is 10.2 Å². The maximum Gasteiger partial charge on any atom is 0.182 e. The Balaban J connectivity index is 0.00000208. The number of rotatable bonds is 6. The van der Waals surface area contributed by atoms with Crippen molar-refractivity contribution in [3.05, 3.63) is 82.1 Å². The molecule has 0 atom stereocenters. The van der Waals surface area contributed by atoms with Crippen LogP contribution >= 0.6 is 28.3 Å². The molecule has 1 aromatic heterocycles. The summed E-state index contributed by atoms with van der Waals surface area (Å²) >= 11 is 1.31. The van der Waals surface area contributed by atoms with E-state index in [0.717, 1.165) is 11.3 Å². The number of ether oxygens (including phenoxy) is 1. The van der Waals surface area contributed by atoms with Crippen molar-refractivity contribution in [1.29, 1.82) is 5.41 Å². The average Bonchev–Trinajstić information content (AvgIpc) is 2.99. The highest BCUT2D eigenvalue weighted by Crippen LogP contribution is 2.15. The first-order chi connectivity index (χ1) is 11.2. The maximum atomic E-state index is 12.2. The molecular formula is C18H17BrN2O2S. The SMILES string of the molecule is Br.N=c1sccn1CC(=O)c1ccc(OCc2ccccc2)cc1. The van der Waals surface area contributed by atoms with Crippen LogP contribution in [0.3, 0.4) is 0 Å². The molecule has 1 heterocycles. The van der Waals surface area contributed by atoms with Crippen LogP contribution in [0.25, 0.3) is 0 Å². The number of nitrogens with one attached hydrogen (secondary N) is 1. The van der Waals surface area contributed by atoms with Crippen molar-refractivity contribution in [2.45, 2.75) is 13.2 Å². The summed E-state index contributed by atoms with van der Waals surface area (Å²) in [7, 11) is 0. The number of halogens is 1. The van der Waals surface area contributed by atoms with Gasteiger partial charge in [0.25, 0.3) is 0 Å². The topological polar surface area (TPSA) is 55.1 Å². The molecule has 0 radical (unpaired) electrons. The molecule has 0 bridgehead atoms. The van der Waals surface area contributed by atoms with E-state index in [0.29, 0.717) is 17.0 Å². The maximum absolute atomic E-state index is 12.2. The quantitative estimate of drug-likeness (QED) is 0.629. The fourth-order valence-electron chi connectivity index (χ4n) is 2.15. The van der Waals surface area contributed by atoms with E-state index in [4.69, 9.17) is 10.1 Å². The van der Waals surface area contributed by atoms with E-state index < -0.39 is 0 Å². The second-order valence-electron chi connectivity index (χ2n) is 5.06. The highest BCUT2D eigenvalue weighted by Gasteiger charge is 2.07. The van der Waals surface area contributed by atoms with Crippen LogP contribution in [0, 0.1) is 5.41 Å². The lowest BCUT2D eigenvalue weighted by Gasteiger charge is -2.07. The van der Waals surface area contributed by atoms with Crippen molar-refractivity contribution in [3.8, 4) is 5.75 Å². The molecule has 0 fully saturated rings. The van der Waals surface area contributed by atoms with Crippen LogP contribution in [0.15, 0.2) is 66.2 Å². The zero-order chi connectivity index (χ0) is 16.1. The van der Waals surface area contributed by atoms with Crippen molar-refractivity contribution in [2.75, 3.05) is 0 Å². The summed E-state index contributed by atoms with van der Waals surface area (Å²) in [4.78, 5) is 12.6. The van der Waals surface area contributed by atoms with E-state index in [1.807, 2.05) is 30.3 Å². The number of hydrogen-bond donors (Lipinski definition) is 1. The minimum absolute atomic E-state index is 0. The van der Waals surface area contributed by atoms with E-state index in [-0.39, 0.29) is 29.3 Å². The lowest BCUT2D eigenvalue weighted by atomic mass is 10.1. The zero-order valence-corrected chi connectivity index (χ0v) is 15.4. The summed E-state index contributed by atoms with van der Waals surface area (Å²) in [5, 5.41) is 9.49. The Morgan fingerprint density at radius 2 is 1.79 bits per heavy atom. The van der Waals surface area contributed by atoms with Gasteiger partial charge in [0.2, 0.25) is 0 Å². The van der Waals surface area contributed by atoms with E-state index in [9.17, 15) is 4.79 Å². The Labute approximate surface area is 154 Å². The Hall–Kier alpha value is -2.18. The Morgan fingerprint density at radius 1 is 1.08 bits per heavy atom. The zero-order valence-electron chi connectivity index (χ0n) is 12.8. The number of benzene rings is 2. The number of nitrogens with zero attached hydrogens (tertiary/aromatic N) is 1. The molecule has 0 saturated carbocycles. The molecule has 6 heteroatoms. The summed E-state index contributed by atoms with van der Waals surface area (Å²) < 4.78 is 7.34. The van der Waals surface area contributed by atoms with Crippen molar-refractivity contribution in [1.82, 2.24) is 4.57 Å². The van der Waals surface area contributed by atoms with E-state index in [1.54, 1.807) is 40.4 Å². The van der Waals surface area contributed by atoms with Crippen molar-refractivity contribution >= 4 is 34.1 Å². The molecule has 0 unspecified atom stereocenters. The monoisotopic (exact) mass is 404 g/mol. The van der Waals surface area contributed by atoms with Gasteiger partial charge in [-0.1, -0.05) is 30.3 Å². The third kappa shape index (κ3) is 4.66. The molecular weight excluding hydrogens is 388 g/mol. The first-order valence-corrected chi connectivity index (χ1v) is 8.09. The molecule has 0 spiro atoms.